The van der Waals surface area contributed by atoms with Crippen LogP contribution in [0.2, 0.25) is 0 Å². The molecule has 136 valence electrons. The van der Waals surface area contributed by atoms with Gasteiger partial charge in [0.1, 0.15) is 30.8 Å². The fourth-order valence-electron chi connectivity index (χ4n) is 6.91. The van der Waals surface area contributed by atoms with Crippen molar-refractivity contribution >= 4 is 11.8 Å². The number of hydrogen-bond acceptors (Lipinski definition) is 7. The second-order valence-electron chi connectivity index (χ2n) is 8.11. The zero-order valence-corrected chi connectivity index (χ0v) is 14.3. The number of cyclic esters (lactones) is 1. The number of carbonyl (C=O) groups excluding carboxylic acids is 2. The lowest BCUT2D eigenvalue weighted by Crippen LogP contribution is -2.62. The second kappa shape index (κ2) is 3.92. The molecular formula is C19H18O7. The molecule has 3 spiro atoms. The maximum Gasteiger partial charge on any atom is 0.316 e. The standard InChI is InChI=1S/C19H18O7/c1-9-5-11(20)13-16-6-26-15(21)18(16)8-23-7-17(9,18)19(13,22)14-12(10(16)2)24-3-4-25-14/h5,13,22H,2-4,6-8H2,1H3. The summed E-state index contributed by atoms with van der Waals surface area (Å²) in [6.07, 6.45) is 1.55. The Labute approximate surface area is 149 Å². The normalized spacial score (nSPS) is 50.5. The summed E-state index contributed by atoms with van der Waals surface area (Å²) in [4.78, 5) is 26.4. The summed E-state index contributed by atoms with van der Waals surface area (Å²) >= 11 is 0. The van der Waals surface area contributed by atoms with Crippen molar-refractivity contribution in [2.75, 3.05) is 33.0 Å². The maximum absolute atomic E-state index is 13.2. The van der Waals surface area contributed by atoms with Gasteiger partial charge in [0, 0.05) is 5.57 Å². The molecule has 5 atom stereocenters. The van der Waals surface area contributed by atoms with Crippen LogP contribution in [-0.2, 0) is 28.5 Å². The second-order valence-corrected chi connectivity index (χ2v) is 8.11. The van der Waals surface area contributed by atoms with Gasteiger partial charge in [0.05, 0.1) is 30.0 Å². The van der Waals surface area contributed by atoms with Crippen molar-refractivity contribution in [3.05, 3.63) is 35.3 Å². The molecule has 0 amide bonds. The molecule has 6 aliphatic rings. The van der Waals surface area contributed by atoms with Gasteiger partial charge in [0.2, 0.25) is 0 Å². The van der Waals surface area contributed by atoms with Crippen LogP contribution in [-0.4, -0.2) is 55.5 Å². The Hall–Kier alpha value is -2.12. The Morgan fingerprint density at radius 3 is 2.65 bits per heavy atom. The van der Waals surface area contributed by atoms with Crippen molar-refractivity contribution in [2.45, 2.75) is 12.5 Å². The highest BCUT2D eigenvalue weighted by molar-refractivity contribution is 6.03. The minimum atomic E-state index is -1.71. The monoisotopic (exact) mass is 358 g/mol. The number of ketones is 1. The van der Waals surface area contributed by atoms with E-state index in [1.165, 1.54) is 0 Å². The van der Waals surface area contributed by atoms with Crippen molar-refractivity contribution in [2.24, 2.45) is 22.2 Å². The van der Waals surface area contributed by atoms with Crippen LogP contribution in [0.25, 0.3) is 0 Å². The summed E-state index contributed by atoms with van der Waals surface area (Å²) in [6, 6.07) is 0. The van der Waals surface area contributed by atoms with Gasteiger partial charge in [-0.2, -0.15) is 0 Å². The molecule has 3 aliphatic heterocycles. The first kappa shape index (κ1) is 15.0. The van der Waals surface area contributed by atoms with E-state index in [1.807, 2.05) is 0 Å². The first-order chi connectivity index (χ1) is 12.4. The number of hydrogen-bond donors (Lipinski definition) is 1. The third-order valence-corrected chi connectivity index (χ3v) is 7.73. The Morgan fingerprint density at radius 1 is 1.12 bits per heavy atom. The van der Waals surface area contributed by atoms with Gasteiger partial charge < -0.3 is 24.1 Å². The Balaban J connectivity index is 1.83. The molecule has 3 fully saturated rings. The van der Waals surface area contributed by atoms with Crippen molar-refractivity contribution in [1.29, 1.82) is 0 Å². The SMILES string of the molecule is C=C1C2=C(OCCO2)C2(O)C3C(=O)C=C(C)C24COCC42C(=O)OCC132. The maximum atomic E-state index is 13.2. The minimum Gasteiger partial charge on any atom is -0.487 e. The molecule has 1 N–H and O–H groups in total. The van der Waals surface area contributed by atoms with E-state index in [4.69, 9.17) is 18.9 Å². The van der Waals surface area contributed by atoms with E-state index < -0.39 is 33.7 Å². The highest BCUT2D eigenvalue weighted by Crippen LogP contribution is 2.83. The predicted molar refractivity (Wildman–Crippen MR) is 84.4 cm³/mol. The van der Waals surface area contributed by atoms with Gasteiger partial charge in [-0.3, -0.25) is 9.59 Å². The van der Waals surface area contributed by atoms with Crippen molar-refractivity contribution in [3.8, 4) is 0 Å². The summed E-state index contributed by atoms with van der Waals surface area (Å²) in [5.41, 5.74) is -4.04. The minimum absolute atomic E-state index is 0.0181. The Bertz CT molecular complexity index is 900. The molecule has 0 radical (unpaired) electrons. The van der Waals surface area contributed by atoms with Crippen LogP contribution in [0.5, 0.6) is 0 Å². The molecule has 3 heterocycles. The molecule has 3 aliphatic carbocycles. The molecular weight excluding hydrogens is 340 g/mol. The van der Waals surface area contributed by atoms with Gasteiger partial charge in [0.25, 0.3) is 0 Å². The zero-order valence-electron chi connectivity index (χ0n) is 14.3. The lowest BCUT2D eigenvalue weighted by Gasteiger charge is -2.51. The van der Waals surface area contributed by atoms with E-state index in [-0.39, 0.29) is 38.0 Å². The lowest BCUT2D eigenvalue weighted by molar-refractivity contribution is -0.165. The predicted octanol–water partition coefficient (Wildman–Crippen LogP) is 0.251. The van der Waals surface area contributed by atoms with E-state index in [0.717, 1.165) is 0 Å². The molecule has 0 aromatic rings. The third kappa shape index (κ3) is 0.996. The highest BCUT2D eigenvalue weighted by Gasteiger charge is 2.95. The molecule has 4 bridgehead atoms. The van der Waals surface area contributed by atoms with Crippen LogP contribution in [0.3, 0.4) is 0 Å². The number of ether oxygens (including phenoxy) is 4. The zero-order chi connectivity index (χ0) is 18.1. The average molecular weight is 358 g/mol. The van der Waals surface area contributed by atoms with Crippen LogP contribution < -0.4 is 0 Å². The van der Waals surface area contributed by atoms with Gasteiger partial charge in [0.15, 0.2) is 17.3 Å². The molecule has 1 saturated carbocycles. The fourth-order valence-corrected chi connectivity index (χ4v) is 6.91. The third-order valence-electron chi connectivity index (χ3n) is 7.73. The van der Waals surface area contributed by atoms with E-state index >= 15 is 0 Å². The van der Waals surface area contributed by atoms with Gasteiger partial charge in [-0.1, -0.05) is 12.2 Å². The Morgan fingerprint density at radius 2 is 1.85 bits per heavy atom. The van der Waals surface area contributed by atoms with Gasteiger partial charge >= 0.3 is 5.97 Å². The van der Waals surface area contributed by atoms with Crippen LogP contribution in [0, 0.1) is 22.2 Å². The summed E-state index contributed by atoms with van der Waals surface area (Å²) in [5, 5.41) is 12.2. The molecule has 6 rings (SSSR count). The number of rotatable bonds is 0. The van der Waals surface area contributed by atoms with Gasteiger partial charge in [-0.15, -0.1) is 0 Å². The fraction of sp³-hybridized carbons (Fsp3) is 0.579. The van der Waals surface area contributed by atoms with Crippen molar-refractivity contribution in [1.82, 2.24) is 0 Å². The molecule has 26 heavy (non-hydrogen) atoms. The Kier molecular flexibility index (Phi) is 2.26. The van der Waals surface area contributed by atoms with Gasteiger partial charge in [-0.25, -0.2) is 0 Å². The van der Waals surface area contributed by atoms with Crippen LogP contribution in [0.15, 0.2) is 35.3 Å². The molecule has 2 saturated heterocycles. The number of esters is 1. The number of carbonyl (C=O) groups is 2. The molecule has 7 nitrogen and oxygen atoms in total. The first-order valence-electron chi connectivity index (χ1n) is 8.80. The average Bonchev–Trinajstić information content (AvgIpc) is 3.18. The summed E-state index contributed by atoms with van der Waals surface area (Å²) in [7, 11) is 0. The number of aliphatic hydroxyl groups is 1. The smallest absolute Gasteiger partial charge is 0.316 e. The number of allylic oxidation sites excluding steroid dienone is 2. The summed E-state index contributed by atoms with van der Waals surface area (Å²) < 4.78 is 23.1. The molecule has 0 aromatic carbocycles. The molecule has 7 heteroatoms. The molecule has 5 unspecified atom stereocenters. The van der Waals surface area contributed by atoms with E-state index in [9.17, 15) is 14.7 Å². The highest BCUT2D eigenvalue weighted by atomic mass is 16.6. The van der Waals surface area contributed by atoms with Gasteiger partial charge in [-0.05, 0) is 13.0 Å². The largest absolute Gasteiger partial charge is 0.487 e. The quantitative estimate of drug-likeness (QED) is 0.621. The van der Waals surface area contributed by atoms with Crippen LogP contribution in [0.4, 0.5) is 0 Å². The molecule has 0 aromatic heterocycles. The van der Waals surface area contributed by atoms with Crippen LogP contribution >= 0.6 is 0 Å². The van der Waals surface area contributed by atoms with E-state index in [1.54, 1.807) is 13.0 Å². The first-order valence-corrected chi connectivity index (χ1v) is 8.80. The summed E-state index contributed by atoms with van der Waals surface area (Å²) in [6.45, 7) is 6.73. The van der Waals surface area contributed by atoms with Crippen molar-refractivity contribution < 1.29 is 33.6 Å². The lowest BCUT2D eigenvalue weighted by atomic mass is 9.54. The van der Waals surface area contributed by atoms with Crippen molar-refractivity contribution in [3.63, 3.8) is 0 Å². The summed E-state index contributed by atoms with van der Waals surface area (Å²) in [5.74, 6) is -0.993. The topological polar surface area (TPSA) is 91.3 Å². The van der Waals surface area contributed by atoms with E-state index in [2.05, 4.69) is 6.58 Å². The van der Waals surface area contributed by atoms with E-state index in [0.29, 0.717) is 23.5 Å². The van der Waals surface area contributed by atoms with Crippen LogP contribution in [0.1, 0.15) is 6.92 Å².